The zero-order chi connectivity index (χ0) is 19.6. The van der Waals surface area contributed by atoms with Gasteiger partial charge in [-0.15, -0.1) is 0 Å². The van der Waals surface area contributed by atoms with E-state index in [1.165, 1.54) is 18.2 Å². The fourth-order valence-corrected chi connectivity index (χ4v) is 4.20. The van der Waals surface area contributed by atoms with E-state index in [1.54, 1.807) is 24.3 Å². The van der Waals surface area contributed by atoms with Crippen molar-refractivity contribution in [2.24, 2.45) is 0 Å². The molecular formula is C19H22FN3O3S. The second kappa shape index (κ2) is 7.75. The smallest absolute Gasteiger partial charge is 0.240 e. The van der Waals surface area contributed by atoms with Crippen molar-refractivity contribution in [1.29, 1.82) is 0 Å². The number of sulfonamides is 1. The van der Waals surface area contributed by atoms with Crippen molar-refractivity contribution in [2.75, 3.05) is 26.0 Å². The van der Waals surface area contributed by atoms with Crippen LogP contribution in [0.15, 0.2) is 47.4 Å². The molecule has 1 amide bonds. The van der Waals surface area contributed by atoms with Crippen LogP contribution in [0.2, 0.25) is 0 Å². The van der Waals surface area contributed by atoms with Gasteiger partial charge in [0.15, 0.2) is 0 Å². The first-order chi connectivity index (χ1) is 12.8. The number of halogens is 1. The fourth-order valence-electron chi connectivity index (χ4n) is 3.11. The summed E-state index contributed by atoms with van der Waals surface area (Å²) in [5.41, 5.74) is 2.14. The number of hydrogen-bond acceptors (Lipinski definition) is 4. The maximum Gasteiger partial charge on any atom is 0.240 e. The van der Waals surface area contributed by atoms with Crippen molar-refractivity contribution in [2.45, 2.75) is 23.8 Å². The molecule has 1 unspecified atom stereocenters. The fraction of sp³-hybridized carbons (Fsp3) is 0.316. The Morgan fingerprint density at radius 3 is 2.67 bits per heavy atom. The summed E-state index contributed by atoms with van der Waals surface area (Å²) < 4.78 is 41.6. The molecule has 2 aromatic carbocycles. The van der Waals surface area contributed by atoms with Crippen LogP contribution in [0.25, 0.3) is 0 Å². The van der Waals surface area contributed by atoms with Gasteiger partial charge in [0, 0.05) is 24.7 Å². The maximum absolute atomic E-state index is 13.5. The number of nitrogens with zero attached hydrogens (tertiary/aromatic N) is 1. The van der Waals surface area contributed by atoms with Crippen molar-refractivity contribution in [3.63, 3.8) is 0 Å². The van der Waals surface area contributed by atoms with Crippen molar-refractivity contribution in [3.05, 3.63) is 59.4 Å². The Morgan fingerprint density at radius 1 is 1.19 bits per heavy atom. The second-order valence-corrected chi connectivity index (χ2v) is 8.52. The van der Waals surface area contributed by atoms with E-state index in [2.05, 4.69) is 10.0 Å². The minimum absolute atomic E-state index is 0.0693. The number of fused-ring (bicyclic) bond motifs is 1. The van der Waals surface area contributed by atoms with Gasteiger partial charge < -0.3 is 10.2 Å². The molecule has 1 aliphatic rings. The van der Waals surface area contributed by atoms with Crippen molar-refractivity contribution in [1.82, 2.24) is 9.62 Å². The summed E-state index contributed by atoms with van der Waals surface area (Å²) in [6.45, 7) is 0.104. The molecule has 0 spiro atoms. The molecule has 2 aromatic rings. The molecule has 0 radical (unpaired) electrons. The molecule has 8 heteroatoms. The van der Waals surface area contributed by atoms with Crippen LogP contribution in [0, 0.1) is 5.82 Å². The molecule has 1 atom stereocenters. The van der Waals surface area contributed by atoms with Crippen LogP contribution in [0.5, 0.6) is 0 Å². The number of likely N-dealkylation sites (N-methyl/N-ethyl adjacent to an activating group) is 1. The Hall–Kier alpha value is -2.29. The Labute approximate surface area is 158 Å². The number of carbonyl (C=O) groups excluding carboxylic acids is 1. The van der Waals surface area contributed by atoms with Gasteiger partial charge in [-0.1, -0.05) is 12.1 Å². The van der Waals surface area contributed by atoms with Crippen LogP contribution in [0.1, 0.15) is 23.6 Å². The van der Waals surface area contributed by atoms with Gasteiger partial charge in [-0.2, -0.15) is 0 Å². The predicted molar refractivity (Wildman–Crippen MR) is 101 cm³/mol. The summed E-state index contributed by atoms with van der Waals surface area (Å²) >= 11 is 0. The number of nitrogens with one attached hydrogen (secondary N) is 2. The second-order valence-electron chi connectivity index (χ2n) is 6.75. The van der Waals surface area contributed by atoms with E-state index in [1.807, 2.05) is 19.0 Å². The van der Waals surface area contributed by atoms with Crippen LogP contribution in [-0.4, -0.2) is 39.9 Å². The highest BCUT2D eigenvalue weighted by atomic mass is 32.2. The molecule has 0 aromatic heterocycles. The van der Waals surface area contributed by atoms with Gasteiger partial charge in [0.25, 0.3) is 0 Å². The number of benzene rings is 2. The highest BCUT2D eigenvalue weighted by Crippen LogP contribution is 2.26. The third kappa shape index (κ3) is 4.52. The summed E-state index contributed by atoms with van der Waals surface area (Å²) in [6, 6.07) is 10.5. The Morgan fingerprint density at radius 2 is 1.96 bits per heavy atom. The molecule has 1 heterocycles. The molecule has 0 saturated heterocycles. The van der Waals surface area contributed by atoms with E-state index < -0.39 is 10.0 Å². The third-order valence-electron chi connectivity index (χ3n) is 4.61. The van der Waals surface area contributed by atoms with Gasteiger partial charge in [-0.25, -0.2) is 17.5 Å². The summed E-state index contributed by atoms with van der Waals surface area (Å²) in [7, 11) is -0.115. The van der Waals surface area contributed by atoms with Gasteiger partial charge >= 0.3 is 0 Å². The Kier molecular flexibility index (Phi) is 5.59. The van der Waals surface area contributed by atoms with Crippen LogP contribution in [0.4, 0.5) is 10.1 Å². The zero-order valence-electron chi connectivity index (χ0n) is 15.2. The molecule has 0 fully saturated rings. The lowest BCUT2D eigenvalue weighted by Gasteiger charge is -2.25. The highest BCUT2D eigenvalue weighted by Gasteiger charge is 2.22. The Balaban J connectivity index is 1.78. The van der Waals surface area contributed by atoms with Gasteiger partial charge in [0.1, 0.15) is 5.82 Å². The van der Waals surface area contributed by atoms with E-state index in [0.29, 0.717) is 24.1 Å². The molecule has 27 heavy (non-hydrogen) atoms. The summed E-state index contributed by atoms with van der Waals surface area (Å²) in [5, 5.41) is 2.73. The summed E-state index contributed by atoms with van der Waals surface area (Å²) in [4.78, 5) is 13.4. The maximum atomic E-state index is 13.5. The van der Waals surface area contributed by atoms with Crippen LogP contribution in [0.3, 0.4) is 0 Å². The normalized spacial score (nSPS) is 15.3. The lowest BCUT2D eigenvalue weighted by molar-refractivity contribution is -0.116. The SMILES string of the molecule is CN(C)C(CNS(=O)(=O)c1ccc2c(c1)CCC(=O)N2)c1cccc(F)c1. The topological polar surface area (TPSA) is 78.5 Å². The summed E-state index contributed by atoms with van der Waals surface area (Å²) in [5.74, 6) is -0.431. The molecule has 0 bridgehead atoms. The first kappa shape index (κ1) is 19.5. The highest BCUT2D eigenvalue weighted by molar-refractivity contribution is 7.89. The lowest BCUT2D eigenvalue weighted by atomic mass is 10.0. The lowest BCUT2D eigenvalue weighted by Crippen LogP contribution is -2.34. The van der Waals surface area contributed by atoms with Crippen molar-refractivity contribution >= 4 is 21.6 Å². The number of anilines is 1. The van der Waals surface area contributed by atoms with E-state index in [0.717, 1.165) is 5.56 Å². The van der Waals surface area contributed by atoms with Gasteiger partial charge in [-0.05, 0) is 62.0 Å². The van der Waals surface area contributed by atoms with E-state index in [-0.39, 0.29) is 29.2 Å². The van der Waals surface area contributed by atoms with Crippen LogP contribution >= 0.6 is 0 Å². The van der Waals surface area contributed by atoms with Crippen molar-refractivity contribution < 1.29 is 17.6 Å². The first-order valence-corrected chi connectivity index (χ1v) is 10.1. The number of amides is 1. The molecule has 0 saturated carbocycles. The molecule has 144 valence electrons. The first-order valence-electron chi connectivity index (χ1n) is 8.60. The number of carbonyl (C=O) groups is 1. The zero-order valence-corrected chi connectivity index (χ0v) is 16.0. The monoisotopic (exact) mass is 391 g/mol. The van der Waals surface area contributed by atoms with Crippen LogP contribution < -0.4 is 10.0 Å². The minimum atomic E-state index is -3.74. The standard InChI is InChI=1S/C19H22FN3O3S/c1-23(2)18(14-4-3-5-15(20)10-14)12-21-27(25,26)16-7-8-17-13(11-16)6-9-19(24)22-17/h3-5,7-8,10-11,18,21H,6,9,12H2,1-2H3,(H,22,24). The average molecular weight is 391 g/mol. The number of aryl methyl sites for hydroxylation is 1. The van der Waals surface area contributed by atoms with Crippen LogP contribution in [-0.2, 0) is 21.2 Å². The van der Waals surface area contributed by atoms with Crippen molar-refractivity contribution in [3.8, 4) is 0 Å². The molecule has 1 aliphatic heterocycles. The largest absolute Gasteiger partial charge is 0.326 e. The number of hydrogen-bond donors (Lipinski definition) is 2. The molecule has 2 N–H and O–H groups in total. The average Bonchev–Trinajstić information content (AvgIpc) is 2.61. The third-order valence-corrected chi connectivity index (χ3v) is 6.03. The molecule has 3 rings (SSSR count). The van der Waals surface area contributed by atoms with Gasteiger partial charge in [0.2, 0.25) is 15.9 Å². The summed E-state index contributed by atoms with van der Waals surface area (Å²) in [6.07, 6.45) is 0.848. The number of rotatable bonds is 6. The van der Waals surface area contributed by atoms with E-state index >= 15 is 0 Å². The van der Waals surface area contributed by atoms with Gasteiger partial charge in [0.05, 0.1) is 4.90 Å². The molecular weight excluding hydrogens is 369 g/mol. The van der Waals surface area contributed by atoms with Gasteiger partial charge in [-0.3, -0.25) is 4.79 Å². The predicted octanol–water partition coefficient (Wildman–Crippen LogP) is 2.29. The molecule has 6 nitrogen and oxygen atoms in total. The van der Waals surface area contributed by atoms with E-state index in [9.17, 15) is 17.6 Å². The molecule has 0 aliphatic carbocycles. The Bertz CT molecular complexity index is 960. The van der Waals surface area contributed by atoms with E-state index in [4.69, 9.17) is 0 Å². The minimum Gasteiger partial charge on any atom is -0.326 e. The quantitative estimate of drug-likeness (QED) is 0.792.